The largest absolute Gasteiger partial charge is 0.435 e. The lowest BCUT2D eigenvalue weighted by molar-refractivity contribution is -0.141. The molecule has 0 unspecified atom stereocenters. The smallest absolute Gasteiger partial charge is 0.363 e. The van der Waals surface area contributed by atoms with Gasteiger partial charge in [-0.05, 0) is 48.9 Å². The Labute approximate surface area is 192 Å². The molecule has 0 radical (unpaired) electrons. The van der Waals surface area contributed by atoms with Crippen LogP contribution in [0.2, 0.25) is 0 Å². The molecule has 0 spiro atoms. The molecule has 178 valence electrons. The van der Waals surface area contributed by atoms with Gasteiger partial charge in [-0.25, -0.2) is 9.07 Å². The average molecular weight is 474 g/mol. The first-order chi connectivity index (χ1) is 16.0. The number of hydrogen-bond donors (Lipinski definition) is 2. The first kappa shape index (κ1) is 23.4. The summed E-state index contributed by atoms with van der Waals surface area (Å²) >= 11 is 0. The minimum absolute atomic E-state index is 0.0303. The molecule has 4 rings (SSSR count). The van der Waals surface area contributed by atoms with E-state index in [-0.39, 0.29) is 47.9 Å². The van der Waals surface area contributed by atoms with E-state index in [9.17, 15) is 22.4 Å². The number of carbonyl (C=O) groups excluding carboxylic acids is 1. The number of nitrogens with zero attached hydrogens (tertiary/aromatic N) is 4. The van der Waals surface area contributed by atoms with Crippen molar-refractivity contribution in [1.82, 2.24) is 14.7 Å². The van der Waals surface area contributed by atoms with Crippen LogP contribution in [0.1, 0.15) is 32.9 Å². The predicted octanol–water partition coefficient (Wildman–Crippen LogP) is 3.58. The molecule has 1 amide bonds. The Balaban J connectivity index is 1.80. The van der Waals surface area contributed by atoms with Gasteiger partial charge in [0.15, 0.2) is 5.69 Å². The minimum atomic E-state index is -4.76. The molecule has 1 aliphatic heterocycles. The van der Waals surface area contributed by atoms with Crippen LogP contribution in [0.4, 0.5) is 23.2 Å². The van der Waals surface area contributed by atoms with Crippen LogP contribution in [0.25, 0.3) is 5.69 Å². The number of carbonyl (C=O) groups is 1. The van der Waals surface area contributed by atoms with Crippen molar-refractivity contribution in [3.8, 4) is 5.69 Å². The van der Waals surface area contributed by atoms with Crippen LogP contribution in [0.5, 0.6) is 0 Å². The van der Waals surface area contributed by atoms with Crippen LogP contribution in [-0.2, 0) is 19.1 Å². The Bertz CT molecular complexity index is 1260. The van der Waals surface area contributed by atoms with Crippen molar-refractivity contribution >= 4 is 17.4 Å². The van der Waals surface area contributed by atoms with E-state index in [1.54, 1.807) is 43.3 Å². The summed E-state index contributed by atoms with van der Waals surface area (Å²) in [6.07, 6.45) is -4.82. The van der Waals surface area contributed by atoms with E-state index in [0.29, 0.717) is 11.3 Å². The highest BCUT2D eigenvalue weighted by Gasteiger charge is 2.43. The second-order valence-electron chi connectivity index (χ2n) is 8.06. The molecule has 3 N–H and O–H groups in total. The van der Waals surface area contributed by atoms with Gasteiger partial charge in [0.1, 0.15) is 17.3 Å². The van der Waals surface area contributed by atoms with E-state index < -0.39 is 23.6 Å². The molecule has 34 heavy (non-hydrogen) atoms. The summed E-state index contributed by atoms with van der Waals surface area (Å²) in [5, 5.41) is 11.8. The van der Waals surface area contributed by atoms with E-state index in [0.717, 1.165) is 10.7 Å². The summed E-state index contributed by atoms with van der Waals surface area (Å²) < 4.78 is 56.1. The molecular weight excluding hydrogens is 452 g/mol. The van der Waals surface area contributed by atoms with Gasteiger partial charge in [-0.3, -0.25) is 10.2 Å². The summed E-state index contributed by atoms with van der Waals surface area (Å²) in [4.78, 5) is 16.4. The van der Waals surface area contributed by atoms with Crippen LogP contribution in [-0.4, -0.2) is 47.1 Å². The van der Waals surface area contributed by atoms with E-state index >= 15 is 0 Å². The highest BCUT2D eigenvalue weighted by molar-refractivity contribution is 6.08. The maximum Gasteiger partial charge on any atom is 0.435 e. The maximum absolute atomic E-state index is 13.9. The van der Waals surface area contributed by atoms with E-state index in [1.165, 1.54) is 17.0 Å². The number of rotatable bonds is 4. The van der Waals surface area contributed by atoms with Gasteiger partial charge < -0.3 is 15.5 Å². The molecule has 0 bridgehead atoms. The molecule has 3 aromatic rings. The number of benzene rings is 2. The topological polar surface area (TPSA) is 91.2 Å². The highest BCUT2D eigenvalue weighted by atomic mass is 19.4. The quantitative estimate of drug-likeness (QED) is 0.344. The number of aromatic nitrogens is 2. The molecule has 0 saturated heterocycles. The van der Waals surface area contributed by atoms with Crippen molar-refractivity contribution in [2.45, 2.75) is 19.1 Å². The zero-order valence-corrected chi connectivity index (χ0v) is 18.4. The van der Waals surface area contributed by atoms with E-state index in [1.807, 2.05) is 0 Å². The van der Waals surface area contributed by atoms with Crippen LogP contribution < -0.4 is 10.6 Å². The number of amides is 1. The second-order valence-corrected chi connectivity index (χ2v) is 8.06. The molecule has 1 aromatic heterocycles. The van der Waals surface area contributed by atoms with Gasteiger partial charge in [-0.15, -0.1) is 0 Å². The molecule has 0 saturated carbocycles. The predicted molar refractivity (Wildman–Crippen MR) is 119 cm³/mol. The number of halogens is 4. The summed E-state index contributed by atoms with van der Waals surface area (Å²) in [5.41, 5.74) is 5.30. The second kappa shape index (κ2) is 8.56. The van der Waals surface area contributed by atoms with Gasteiger partial charge in [0.05, 0.1) is 5.69 Å². The van der Waals surface area contributed by atoms with Crippen LogP contribution in [0, 0.1) is 11.2 Å². The van der Waals surface area contributed by atoms with Gasteiger partial charge in [-0.2, -0.15) is 18.3 Å². The van der Waals surface area contributed by atoms with Gasteiger partial charge in [0, 0.05) is 49.6 Å². The maximum atomic E-state index is 13.9. The molecule has 1 aliphatic rings. The zero-order valence-electron chi connectivity index (χ0n) is 18.4. The lowest BCUT2D eigenvalue weighted by Crippen LogP contribution is -2.39. The summed E-state index contributed by atoms with van der Waals surface area (Å²) in [5.74, 6) is -0.975. The lowest BCUT2D eigenvalue weighted by Gasteiger charge is -2.28. The Hall–Kier alpha value is -3.73. The van der Waals surface area contributed by atoms with E-state index in [2.05, 4.69) is 5.10 Å². The van der Waals surface area contributed by atoms with Gasteiger partial charge in [0.25, 0.3) is 5.91 Å². The molecule has 2 heterocycles. The fourth-order valence-electron chi connectivity index (χ4n) is 3.93. The SMILES string of the molecule is CN(C)C(=N)c1ccc(N2CCc3c(C(F)(F)F)nn(-c4ccc(F)c(CN)c4)c3C2=O)cc1. The molecule has 0 fully saturated rings. The van der Waals surface area contributed by atoms with Crippen molar-refractivity contribution in [1.29, 1.82) is 5.41 Å². The first-order valence-corrected chi connectivity index (χ1v) is 10.4. The standard InChI is InChI=1S/C23H22F4N6O/c1-31(2)21(29)13-3-5-15(6-4-13)32-10-9-17-19(22(32)34)33(30-20(17)23(25,26)27)16-7-8-18(24)14(11-16)12-28/h3-8,11,29H,9-10,12,28H2,1-2H3. The van der Waals surface area contributed by atoms with Gasteiger partial charge in [-0.1, -0.05) is 0 Å². The van der Waals surface area contributed by atoms with Crippen molar-refractivity contribution in [2.24, 2.45) is 5.73 Å². The highest BCUT2D eigenvalue weighted by Crippen LogP contribution is 2.37. The number of anilines is 1. The van der Waals surface area contributed by atoms with Gasteiger partial charge in [0.2, 0.25) is 0 Å². The average Bonchev–Trinajstić information content (AvgIpc) is 3.20. The fraction of sp³-hybridized carbons (Fsp3) is 0.261. The number of nitrogens with one attached hydrogen (secondary N) is 1. The summed E-state index contributed by atoms with van der Waals surface area (Å²) in [6.45, 7) is -0.133. The third-order valence-electron chi connectivity index (χ3n) is 5.68. The normalized spacial score (nSPS) is 13.7. The monoisotopic (exact) mass is 474 g/mol. The minimum Gasteiger partial charge on any atom is -0.363 e. The van der Waals surface area contributed by atoms with Crippen LogP contribution in [0.15, 0.2) is 42.5 Å². The number of alkyl halides is 3. The molecule has 7 nitrogen and oxygen atoms in total. The molecule has 0 atom stereocenters. The van der Waals surface area contributed by atoms with E-state index in [4.69, 9.17) is 11.1 Å². The fourth-order valence-corrected chi connectivity index (χ4v) is 3.93. The molecule has 11 heteroatoms. The molecule has 2 aromatic carbocycles. The number of hydrogen-bond acceptors (Lipinski definition) is 4. The molecule has 0 aliphatic carbocycles. The third kappa shape index (κ3) is 4.03. The van der Waals surface area contributed by atoms with Crippen molar-refractivity contribution < 1.29 is 22.4 Å². The Morgan fingerprint density at radius 3 is 2.38 bits per heavy atom. The summed E-state index contributed by atoms with van der Waals surface area (Å²) in [6, 6.07) is 10.3. The Morgan fingerprint density at radius 1 is 1.15 bits per heavy atom. The van der Waals surface area contributed by atoms with Crippen LogP contribution in [0.3, 0.4) is 0 Å². The Kier molecular flexibility index (Phi) is 5.90. The van der Waals surface area contributed by atoms with Crippen molar-refractivity contribution in [3.05, 3.63) is 76.4 Å². The lowest BCUT2D eigenvalue weighted by atomic mass is 10.0. The van der Waals surface area contributed by atoms with Gasteiger partial charge >= 0.3 is 6.18 Å². The summed E-state index contributed by atoms with van der Waals surface area (Å²) in [7, 11) is 3.47. The number of amidine groups is 1. The Morgan fingerprint density at radius 2 is 1.79 bits per heavy atom. The third-order valence-corrected chi connectivity index (χ3v) is 5.68. The number of fused-ring (bicyclic) bond motifs is 1. The van der Waals surface area contributed by atoms with Crippen molar-refractivity contribution in [2.75, 3.05) is 25.5 Å². The first-order valence-electron chi connectivity index (χ1n) is 10.4. The van der Waals surface area contributed by atoms with Crippen molar-refractivity contribution in [3.63, 3.8) is 0 Å². The van der Waals surface area contributed by atoms with Crippen LogP contribution >= 0.6 is 0 Å². The number of nitrogens with two attached hydrogens (primary N) is 1. The zero-order chi connectivity index (χ0) is 24.8. The molecular formula is C23H22F4N6O.